The predicted molar refractivity (Wildman–Crippen MR) is 173 cm³/mol. The number of benzene rings is 4. The molecule has 2 atom stereocenters. The molecule has 0 bridgehead atoms. The van der Waals surface area contributed by atoms with Crippen molar-refractivity contribution in [2.45, 2.75) is 19.1 Å². The van der Waals surface area contributed by atoms with Crippen molar-refractivity contribution in [2.24, 2.45) is 0 Å². The van der Waals surface area contributed by atoms with Crippen LogP contribution in [0.25, 0.3) is 0 Å². The fourth-order valence-corrected chi connectivity index (χ4v) is 4.24. The summed E-state index contributed by atoms with van der Waals surface area (Å²) in [4.78, 5) is 76.9. The van der Waals surface area contributed by atoms with Gasteiger partial charge < -0.3 is 29.4 Å². The van der Waals surface area contributed by atoms with Gasteiger partial charge in [0.1, 0.15) is 11.5 Å². The van der Waals surface area contributed by atoms with Gasteiger partial charge in [-0.15, -0.1) is 0 Å². The Morgan fingerprint density at radius 1 is 0.592 bits per heavy atom. The van der Waals surface area contributed by atoms with Gasteiger partial charge in [0.2, 0.25) is 12.2 Å². The standard InChI is InChI=1S/C35H31N3O11/c1-20-10-12-21(13-11-20)30(39)36-25-16-14-22(15-17-25)31(40)37-38-32(41)28(48-34(44)23-6-4-8-26(18-23)46-2)29(33(42)43)49-35(45)24-7-5-9-27(19-24)47-3/h4-19,28-29H,1-3H3,(H,36,39)(H,37,40)(H,38,41)(H,42,43)/t28-,29-/m1/s1. The largest absolute Gasteiger partial charge is 0.497 e. The van der Waals surface area contributed by atoms with E-state index in [1.165, 1.54) is 87.0 Å². The summed E-state index contributed by atoms with van der Waals surface area (Å²) in [6.45, 7) is 1.89. The van der Waals surface area contributed by atoms with Crippen LogP contribution in [0.3, 0.4) is 0 Å². The van der Waals surface area contributed by atoms with E-state index in [0.29, 0.717) is 11.3 Å². The van der Waals surface area contributed by atoms with Crippen LogP contribution in [0.1, 0.15) is 47.0 Å². The van der Waals surface area contributed by atoms with Crippen molar-refractivity contribution in [3.63, 3.8) is 0 Å². The number of aliphatic carboxylic acids is 1. The van der Waals surface area contributed by atoms with E-state index in [4.69, 9.17) is 18.9 Å². The molecular weight excluding hydrogens is 638 g/mol. The van der Waals surface area contributed by atoms with Crippen molar-refractivity contribution in [3.05, 3.63) is 125 Å². The molecule has 4 aromatic carbocycles. The predicted octanol–water partition coefficient (Wildman–Crippen LogP) is 3.56. The van der Waals surface area contributed by atoms with Gasteiger partial charge in [-0.2, -0.15) is 0 Å². The van der Waals surface area contributed by atoms with Gasteiger partial charge in [0, 0.05) is 16.8 Å². The molecule has 14 nitrogen and oxygen atoms in total. The van der Waals surface area contributed by atoms with Gasteiger partial charge in [0.05, 0.1) is 25.3 Å². The number of aryl methyl sites for hydroxylation is 1. The third-order valence-electron chi connectivity index (χ3n) is 6.87. The Labute approximate surface area is 279 Å². The van der Waals surface area contributed by atoms with Gasteiger partial charge in [-0.25, -0.2) is 14.4 Å². The van der Waals surface area contributed by atoms with E-state index in [1.54, 1.807) is 24.3 Å². The molecule has 4 rings (SSSR count). The van der Waals surface area contributed by atoms with Crippen LogP contribution in [0.15, 0.2) is 97.1 Å². The van der Waals surface area contributed by atoms with Gasteiger partial charge in [-0.1, -0.05) is 29.8 Å². The smallest absolute Gasteiger partial charge is 0.349 e. The average Bonchev–Trinajstić information content (AvgIpc) is 3.12. The van der Waals surface area contributed by atoms with E-state index < -0.39 is 41.9 Å². The summed E-state index contributed by atoms with van der Waals surface area (Å²) in [7, 11) is 2.72. The van der Waals surface area contributed by atoms with E-state index in [2.05, 4.69) is 10.7 Å². The zero-order chi connectivity index (χ0) is 35.5. The van der Waals surface area contributed by atoms with Gasteiger partial charge in [-0.3, -0.25) is 25.2 Å². The Kier molecular flexibility index (Phi) is 11.6. The van der Waals surface area contributed by atoms with Crippen molar-refractivity contribution in [2.75, 3.05) is 19.5 Å². The molecule has 0 radical (unpaired) electrons. The first-order chi connectivity index (χ1) is 23.5. The van der Waals surface area contributed by atoms with E-state index in [9.17, 15) is 33.9 Å². The van der Waals surface area contributed by atoms with Crippen LogP contribution in [0.2, 0.25) is 0 Å². The monoisotopic (exact) mass is 669 g/mol. The molecule has 14 heteroatoms. The summed E-state index contributed by atoms with van der Waals surface area (Å²) in [6.07, 6.45) is -4.65. The molecule has 0 aliphatic heterocycles. The van der Waals surface area contributed by atoms with Crippen LogP contribution in [0.5, 0.6) is 11.5 Å². The molecule has 4 aromatic rings. The molecule has 0 saturated carbocycles. The number of hydrogen-bond donors (Lipinski definition) is 4. The molecule has 3 amide bonds. The Balaban J connectivity index is 1.49. The van der Waals surface area contributed by atoms with Crippen LogP contribution < -0.4 is 25.6 Å². The first-order valence-corrected chi connectivity index (χ1v) is 14.5. The van der Waals surface area contributed by atoms with Crippen molar-refractivity contribution in [3.8, 4) is 11.5 Å². The third kappa shape index (κ3) is 9.42. The Bertz CT molecular complexity index is 1860. The van der Waals surface area contributed by atoms with Crippen molar-refractivity contribution >= 4 is 41.3 Å². The zero-order valence-corrected chi connectivity index (χ0v) is 26.4. The number of carbonyl (C=O) groups is 6. The molecule has 0 fully saturated rings. The van der Waals surface area contributed by atoms with Crippen molar-refractivity contribution in [1.82, 2.24) is 10.9 Å². The molecule has 252 valence electrons. The summed E-state index contributed by atoms with van der Waals surface area (Å²) in [5, 5.41) is 12.7. The van der Waals surface area contributed by atoms with Gasteiger partial charge in [-0.05, 0) is 79.7 Å². The number of rotatable bonds is 12. The fourth-order valence-electron chi connectivity index (χ4n) is 4.24. The quantitative estimate of drug-likeness (QED) is 0.127. The van der Waals surface area contributed by atoms with Crippen LogP contribution in [-0.4, -0.2) is 67.2 Å². The van der Waals surface area contributed by atoms with Gasteiger partial charge in [0.25, 0.3) is 17.7 Å². The zero-order valence-electron chi connectivity index (χ0n) is 26.4. The van der Waals surface area contributed by atoms with E-state index in [-0.39, 0.29) is 34.1 Å². The number of carboxylic acid groups (broad SMARTS) is 1. The Morgan fingerprint density at radius 2 is 1.08 bits per heavy atom. The van der Waals surface area contributed by atoms with E-state index in [1.807, 2.05) is 12.3 Å². The number of hydrogen-bond acceptors (Lipinski definition) is 10. The van der Waals surface area contributed by atoms with Crippen LogP contribution in [0, 0.1) is 6.92 Å². The summed E-state index contributed by atoms with van der Waals surface area (Å²) >= 11 is 0. The number of anilines is 1. The first-order valence-electron chi connectivity index (χ1n) is 14.5. The molecule has 0 spiro atoms. The summed E-state index contributed by atoms with van der Waals surface area (Å²) in [6, 6.07) is 23.8. The number of esters is 2. The molecule has 0 aliphatic carbocycles. The van der Waals surface area contributed by atoms with Crippen LogP contribution in [-0.2, 0) is 19.1 Å². The topological polar surface area (TPSA) is 196 Å². The molecule has 49 heavy (non-hydrogen) atoms. The van der Waals surface area contributed by atoms with Crippen LogP contribution >= 0.6 is 0 Å². The van der Waals surface area contributed by atoms with Crippen molar-refractivity contribution in [1.29, 1.82) is 0 Å². The summed E-state index contributed by atoms with van der Waals surface area (Å²) in [5.74, 6) is -6.16. The van der Waals surface area contributed by atoms with Gasteiger partial charge in [0.15, 0.2) is 0 Å². The Morgan fingerprint density at radius 3 is 1.59 bits per heavy atom. The highest BCUT2D eigenvalue weighted by molar-refractivity contribution is 6.05. The molecule has 0 unspecified atom stereocenters. The number of carboxylic acids is 1. The van der Waals surface area contributed by atoms with E-state index in [0.717, 1.165) is 5.56 Å². The number of ether oxygens (including phenoxy) is 4. The second-order valence-electron chi connectivity index (χ2n) is 10.3. The minimum atomic E-state index is -2.36. The first kappa shape index (κ1) is 35.2. The molecule has 0 aliphatic rings. The minimum absolute atomic E-state index is 0.0396. The molecule has 0 saturated heterocycles. The number of nitrogens with one attached hydrogen (secondary N) is 3. The highest BCUT2D eigenvalue weighted by Gasteiger charge is 2.41. The molecule has 4 N–H and O–H groups in total. The SMILES string of the molecule is COc1cccc(C(=O)O[C@@H](C(=O)O)[C@@H](OC(=O)c2cccc(OC)c2)C(=O)NNC(=O)c2ccc(NC(=O)c3ccc(C)cc3)cc2)c1. The normalized spacial score (nSPS) is 11.6. The maximum absolute atomic E-state index is 13.3. The fraction of sp³-hybridized carbons (Fsp3) is 0.143. The number of methoxy groups -OCH3 is 2. The van der Waals surface area contributed by atoms with E-state index >= 15 is 0 Å². The molecular formula is C35H31N3O11. The highest BCUT2D eigenvalue weighted by Crippen LogP contribution is 2.19. The second kappa shape index (κ2) is 16.2. The van der Waals surface area contributed by atoms with Crippen molar-refractivity contribution < 1.29 is 52.8 Å². The molecule has 0 heterocycles. The summed E-state index contributed by atoms with van der Waals surface area (Å²) < 4.78 is 20.6. The lowest BCUT2D eigenvalue weighted by Crippen LogP contribution is -2.54. The Hall–Kier alpha value is -6.70. The van der Waals surface area contributed by atoms with Crippen LogP contribution in [0.4, 0.5) is 5.69 Å². The lowest BCUT2D eigenvalue weighted by molar-refractivity contribution is -0.159. The third-order valence-corrected chi connectivity index (χ3v) is 6.87. The number of hydrazine groups is 1. The highest BCUT2D eigenvalue weighted by atomic mass is 16.6. The summed E-state index contributed by atoms with van der Waals surface area (Å²) in [5.41, 5.74) is 5.75. The average molecular weight is 670 g/mol. The van der Waals surface area contributed by atoms with Gasteiger partial charge >= 0.3 is 17.9 Å². The minimum Gasteiger partial charge on any atom is -0.497 e. The maximum Gasteiger partial charge on any atom is 0.349 e. The number of carbonyl (C=O) groups excluding carboxylic acids is 5. The second-order valence-corrected chi connectivity index (χ2v) is 10.3. The lowest BCUT2D eigenvalue weighted by atomic mass is 10.1. The lowest BCUT2D eigenvalue weighted by Gasteiger charge is -2.23. The molecule has 0 aromatic heterocycles. The maximum atomic E-state index is 13.3. The number of amides is 3.